The van der Waals surface area contributed by atoms with Crippen molar-refractivity contribution < 1.29 is 14.0 Å². The Labute approximate surface area is 185 Å². The van der Waals surface area contributed by atoms with Crippen LogP contribution in [0.4, 0.5) is 10.1 Å². The fourth-order valence-electron chi connectivity index (χ4n) is 3.84. The van der Waals surface area contributed by atoms with E-state index in [0.29, 0.717) is 22.7 Å². The van der Waals surface area contributed by atoms with Gasteiger partial charge in [0.05, 0.1) is 6.04 Å². The number of anilines is 1. The molecule has 0 spiro atoms. The van der Waals surface area contributed by atoms with Crippen LogP contribution < -0.4 is 10.2 Å². The monoisotopic (exact) mass is 436 g/mol. The Kier molecular flexibility index (Phi) is 6.05. The molecule has 1 N–H and O–H groups in total. The van der Waals surface area contributed by atoms with Gasteiger partial charge in [-0.2, -0.15) is 0 Å². The van der Waals surface area contributed by atoms with E-state index in [1.807, 2.05) is 19.1 Å². The Balaban J connectivity index is 1.53. The fourth-order valence-corrected chi connectivity index (χ4v) is 4.03. The predicted octanol–water partition coefficient (Wildman–Crippen LogP) is 5.56. The third kappa shape index (κ3) is 4.62. The third-order valence-corrected chi connectivity index (χ3v) is 5.73. The van der Waals surface area contributed by atoms with Gasteiger partial charge in [-0.25, -0.2) is 4.39 Å². The van der Waals surface area contributed by atoms with Crippen LogP contribution in [0.5, 0.6) is 0 Å². The average Bonchev–Trinajstić information content (AvgIpc) is 2.78. The maximum Gasteiger partial charge on any atom is 0.258 e. The second kappa shape index (κ2) is 8.90. The van der Waals surface area contributed by atoms with Crippen molar-refractivity contribution in [3.63, 3.8) is 0 Å². The Hall–Kier alpha value is -3.18. The number of halogens is 2. The van der Waals surface area contributed by atoms with Gasteiger partial charge in [0.15, 0.2) is 0 Å². The average molecular weight is 437 g/mol. The molecule has 0 aliphatic carbocycles. The predicted molar refractivity (Wildman–Crippen MR) is 120 cm³/mol. The van der Waals surface area contributed by atoms with Crippen LogP contribution in [0.3, 0.4) is 0 Å². The molecule has 1 aliphatic rings. The van der Waals surface area contributed by atoms with Crippen molar-refractivity contribution in [2.75, 3.05) is 11.4 Å². The summed E-state index contributed by atoms with van der Waals surface area (Å²) in [6.45, 7) is 2.47. The van der Waals surface area contributed by atoms with E-state index in [2.05, 4.69) is 5.32 Å². The number of carbonyl (C=O) groups excluding carboxylic acids is 2. The van der Waals surface area contributed by atoms with Crippen LogP contribution in [0.1, 0.15) is 51.2 Å². The molecule has 0 unspecified atom stereocenters. The molecule has 0 saturated carbocycles. The van der Waals surface area contributed by atoms with Crippen molar-refractivity contribution in [3.05, 3.63) is 99.8 Å². The molecule has 1 aliphatic heterocycles. The van der Waals surface area contributed by atoms with E-state index in [1.54, 1.807) is 47.4 Å². The Bertz CT molecular complexity index is 1130. The zero-order valence-electron chi connectivity index (χ0n) is 17.1. The number of hydrogen-bond acceptors (Lipinski definition) is 2. The molecule has 4 rings (SSSR count). The number of benzene rings is 3. The van der Waals surface area contributed by atoms with Crippen molar-refractivity contribution in [1.82, 2.24) is 5.32 Å². The minimum Gasteiger partial charge on any atom is -0.346 e. The van der Waals surface area contributed by atoms with Crippen LogP contribution >= 0.6 is 11.6 Å². The van der Waals surface area contributed by atoms with E-state index in [4.69, 9.17) is 11.6 Å². The number of nitrogens with zero attached hydrogens (tertiary/aromatic N) is 1. The van der Waals surface area contributed by atoms with Gasteiger partial charge in [-0.15, -0.1) is 0 Å². The molecule has 0 aromatic heterocycles. The van der Waals surface area contributed by atoms with Gasteiger partial charge in [0, 0.05) is 28.4 Å². The van der Waals surface area contributed by atoms with Crippen LogP contribution in [-0.2, 0) is 6.42 Å². The summed E-state index contributed by atoms with van der Waals surface area (Å²) in [7, 11) is 0. The lowest BCUT2D eigenvalue weighted by Crippen LogP contribution is -2.35. The van der Waals surface area contributed by atoms with Crippen LogP contribution in [0.2, 0.25) is 5.02 Å². The van der Waals surface area contributed by atoms with Gasteiger partial charge in [-0.1, -0.05) is 29.8 Å². The van der Waals surface area contributed by atoms with Gasteiger partial charge < -0.3 is 10.2 Å². The molecule has 158 valence electrons. The maximum atomic E-state index is 13.1. The molecular weight excluding hydrogens is 415 g/mol. The van der Waals surface area contributed by atoms with Gasteiger partial charge in [-0.3, -0.25) is 9.59 Å². The summed E-state index contributed by atoms with van der Waals surface area (Å²) in [6.07, 6.45) is 1.61. The second-order valence-electron chi connectivity index (χ2n) is 7.66. The lowest BCUT2D eigenvalue weighted by Gasteiger charge is -2.30. The van der Waals surface area contributed by atoms with E-state index in [9.17, 15) is 14.0 Å². The Morgan fingerprint density at radius 3 is 2.55 bits per heavy atom. The number of fused-ring (bicyclic) bond motifs is 1. The summed E-state index contributed by atoms with van der Waals surface area (Å²) in [5.41, 5.74) is 3.68. The first-order chi connectivity index (χ1) is 14.9. The number of aryl methyl sites for hydroxylation is 1. The van der Waals surface area contributed by atoms with E-state index >= 15 is 0 Å². The molecule has 1 heterocycles. The molecule has 2 amide bonds. The summed E-state index contributed by atoms with van der Waals surface area (Å²) in [6, 6.07) is 18.1. The highest BCUT2D eigenvalue weighted by Gasteiger charge is 2.25. The molecule has 0 radical (unpaired) electrons. The summed E-state index contributed by atoms with van der Waals surface area (Å²) in [4.78, 5) is 27.5. The quantitative estimate of drug-likeness (QED) is 0.581. The van der Waals surface area contributed by atoms with E-state index in [0.717, 1.165) is 29.7 Å². The van der Waals surface area contributed by atoms with Crippen molar-refractivity contribution in [2.24, 2.45) is 0 Å². The summed E-state index contributed by atoms with van der Waals surface area (Å²) >= 11 is 6.04. The lowest BCUT2D eigenvalue weighted by molar-refractivity contribution is 0.0939. The SMILES string of the molecule is C[C@H](NC(=O)c1ccc2c(c1)CCCN2C(=O)c1cccc(Cl)c1)c1ccc(F)cc1. The molecule has 0 fully saturated rings. The largest absolute Gasteiger partial charge is 0.346 e. The minimum atomic E-state index is -0.311. The van der Waals surface area contributed by atoms with Gasteiger partial charge in [0.1, 0.15) is 5.82 Å². The smallest absolute Gasteiger partial charge is 0.258 e. The summed E-state index contributed by atoms with van der Waals surface area (Å²) < 4.78 is 13.1. The number of hydrogen-bond donors (Lipinski definition) is 1. The van der Waals surface area contributed by atoms with E-state index in [1.165, 1.54) is 12.1 Å². The third-order valence-electron chi connectivity index (χ3n) is 5.49. The Morgan fingerprint density at radius 2 is 1.81 bits per heavy atom. The van der Waals surface area contributed by atoms with Crippen molar-refractivity contribution in [2.45, 2.75) is 25.8 Å². The topological polar surface area (TPSA) is 49.4 Å². The molecule has 1 atom stereocenters. The Morgan fingerprint density at radius 1 is 1.03 bits per heavy atom. The summed E-state index contributed by atoms with van der Waals surface area (Å²) in [5.74, 6) is -0.627. The van der Waals surface area contributed by atoms with Gasteiger partial charge in [0.25, 0.3) is 11.8 Å². The molecule has 31 heavy (non-hydrogen) atoms. The van der Waals surface area contributed by atoms with Crippen LogP contribution in [0, 0.1) is 5.82 Å². The number of nitrogens with one attached hydrogen (secondary N) is 1. The molecule has 4 nitrogen and oxygen atoms in total. The summed E-state index contributed by atoms with van der Waals surface area (Å²) in [5, 5.41) is 3.47. The van der Waals surface area contributed by atoms with Crippen molar-refractivity contribution in [1.29, 1.82) is 0 Å². The van der Waals surface area contributed by atoms with E-state index < -0.39 is 0 Å². The first-order valence-electron chi connectivity index (χ1n) is 10.2. The molecule has 3 aromatic rings. The second-order valence-corrected chi connectivity index (χ2v) is 8.10. The highest BCUT2D eigenvalue weighted by molar-refractivity contribution is 6.31. The zero-order valence-corrected chi connectivity index (χ0v) is 17.8. The van der Waals surface area contributed by atoms with Crippen molar-refractivity contribution >= 4 is 29.1 Å². The van der Waals surface area contributed by atoms with Gasteiger partial charge >= 0.3 is 0 Å². The molecule has 0 saturated heterocycles. The molecular formula is C25H22ClFN2O2. The maximum absolute atomic E-state index is 13.1. The standard InChI is InChI=1S/C25H22ClFN2O2/c1-16(17-7-10-22(27)11-8-17)28-24(30)19-9-12-23-18(14-19)5-3-13-29(23)25(31)20-4-2-6-21(26)15-20/h2,4,6-12,14-16H,3,5,13H2,1H3,(H,28,30)/t16-/m0/s1. The van der Waals surface area contributed by atoms with Gasteiger partial charge in [-0.05, 0) is 79.4 Å². The van der Waals surface area contributed by atoms with Crippen LogP contribution in [0.15, 0.2) is 66.7 Å². The molecule has 6 heteroatoms. The van der Waals surface area contributed by atoms with Gasteiger partial charge in [0.2, 0.25) is 0 Å². The van der Waals surface area contributed by atoms with Crippen molar-refractivity contribution in [3.8, 4) is 0 Å². The first kappa shape index (κ1) is 21.1. The highest BCUT2D eigenvalue weighted by atomic mass is 35.5. The number of rotatable bonds is 4. The number of amides is 2. The van der Waals surface area contributed by atoms with Crippen LogP contribution in [-0.4, -0.2) is 18.4 Å². The lowest BCUT2D eigenvalue weighted by atomic mass is 9.98. The zero-order chi connectivity index (χ0) is 22.0. The number of carbonyl (C=O) groups is 2. The highest BCUT2D eigenvalue weighted by Crippen LogP contribution is 2.30. The minimum absolute atomic E-state index is 0.106. The molecule has 0 bridgehead atoms. The van der Waals surface area contributed by atoms with Crippen LogP contribution in [0.25, 0.3) is 0 Å². The first-order valence-corrected chi connectivity index (χ1v) is 10.6. The van der Waals surface area contributed by atoms with E-state index in [-0.39, 0.29) is 23.7 Å². The molecule has 3 aromatic carbocycles. The fraction of sp³-hybridized carbons (Fsp3) is 0.200. The normalized spacial score (nSPS) is 14.0.